The van der Waals surface area contributed by atoms with Crippen LogP contribution in [0.25, 0.3) is 0 Å². The molecule has 1 aromatic heterocycles. The minimum Gasteiger partial charge on any atom is -0.465 e. The molecule has 10 heteroatoms. The smallest absolute Gasteiger partial charge is 0.341 e. The topological polar surface area (TPSA) is 129 Å². The van der Waals surface area contributed by atoms with Gasteiger partial charge in [-0.3, -0.25) is 14.5 Å². The van der Waals surface area contributed by atoms with E-state index in [-0.39, 0.29) is 0 Å². The number of ether oxygens (including phenoxy) is 1. The molecule has 2 N–H and O–H groups in total. The summed E-state index contributed by atoms with van der Waals surface area (Å²) in [6, 6.07) is 7.62. The fourth-order valence-corrected chi connectivity index (χ4v) is 5.49. The molecular formula is C23H22N4O5S. The molecule has 1 atom stereocenters. The van der Waals surface area contributed by atoms with Gasteiger partial charge in [0.05, 0.1) is 24.3 Å². The fourth-order valence-electron chi connectivity index (χ4n) is 4.20. The van der Waals surface area contributed by atoms with E-state index in [9.17, 15) is 19.2 Å². The zero-order valence-electron chi connectivity index (χ0n) is 18.2. The molecule has 4 rings (SSSR count). The molecular weight excluding hydrogens is 444 g/mol. The third-order valence-corrected chi connectivity index (χ3v) is 7.19. The Balaban J connectivity index is 1.53. The number of carbonyl (C=O) groups excluding carboxylic acids is 4. The van der Waals surface area contributed by atoms with Gasteiger partial charge in [0.1, 0.15) is 17.1 Å². The highest BCUT2D eigenvalue weighted by Gasteiger charge is 2.49. The van der Waals surface area contributed by atoms with Crippen molar-refractivity contribution >= 4 is 40.2 Å². The summed E-state index contributed by atoms with van der Waals surface area (Å²) in [5, 5.41) is 14.7. The third-order valence-electron chi connectivity index (χ3n) is 5.98. The molecule has 0 bridgehead atoms. The number of nitrogens with one attached hydrogen (secondary N) is 2. The molecule has 170 valence electrons. The van der Waals surface area contributed by atoms with Gasteiger partial charge in [-0.25, -0.2) is 9.59 Å². The lowest BCUT2D eigenvalue weighted by molar-refractivity contribution is -0.133. The summed E-state index contributed by atoms with van der Waals surface area (Å²) in [5.41, 5.74) is 0.823. The van der Waals surface area contributed by atoms with Crippen LogP contribution in [-0.2, 0) is 32.7 Å². The molecule has 4 amide bonds. The van der Waals surface area contributed by atoms with Crippen LogP contribution in [0.5, 0.6) is 0 Å². The fraction of sp³-hybridized carbons (Fsp3) is 0.348. The van der Waals surface area contributed by atoms with E-state index in [4.69, 9.17) is 10.00 Å². The van der Waals surface area contributed by atoms with Crippen molar-refractivity contribution in [1.82, 2.24) is 10.2 Å². The zero-order valence-corrected chi connectivity index (χ0v) is 19.0. The number of aryl methyl sites for hydroxylation is 1. The summed E-state index contributed by atoms with van der Waals surface area (Å²) in [7, 11) is 1.29. The first kappa shape index (κ1) is 22.5. The van der Waals surface area contributed by atoms with Gasteiger partial charge in [0.2, 0.25) is 5.91 Å². The Kier molecular flexibility index (Phi) is 5.91. The van der Waals surface area contributed by atoms with Crippen LogP contribution in [-0.4, -0.2) is 42.4 Å². The van der Waals surface area contributed by atoms with Crippen LogP contribution in [0.1, 0.15) is 51.7 Å². The number of methoxy groups -OCH3 is 1. The summed E-state index contributed by atoms with van der Waals surface area (Å²) in [6.07, 6.45) is 3.54. The number of urea groups is 1. The molecule has 2 aliphatic rings. The largest absolute Gasteiger partial charge is 0.465 e. The molecule has 33 heavy (non-hydrogen) atoms. The van der Waals surface area contributed by atoms with E-state index < -0.39 is 35.9 Å². The number of esters is 1. The summed E-state index contributed by atoms with van der Waals surface area (Å²) >= 11 is 1.33. The van der Waals surface area contributed by atoms with E-state index >= 15 is 0 Å². The molecule has 0 spiro atoms. The molecule has 1 fully saturated rings. The van der Waals surface area contributed by atoms with E-state index in [1.54, 1.807) is 31.2 Å². The molecule has 1 aliphatic heterocycles. The van der Waals surface area contributed by atoms with Crippen LogP contribution in [0.15, 0.2) is 24.3 Å². The number of nitrogens with zero attached hydrogens (tertiary/aromatic N) is 2. The van der Waals surface area contributed by atoms with Gasteiger partial charge in [-0.15, -0.1) is 11.3 Å². The van der Waals surface area contributed by atoms with Gasteiger partial charge in [0.25, 0.3) is 5.91 Å². The van der Waals surface area contributed by atoms with E-state index in [0.717, 1.165) is 41.0 Å². The number of anilines is 1. The molecule has 1 aliphatic carbocycles. The number of amides is 4. The highest BCUT2D eigenvalue weighted by atomic mass is 32.1. The lowest BCUT2D eigenvalue weighted by atomic mass is 9.91. The highest BCUT2D eigenvalue weighted by molar-refractivity contribution is 7.17. The van der Waals surface area contributed by atoms with Crippen molar-refractivity contribution in [1.29, 1.82) is 5.26 Å². The summed E-state index contributed by atoms with van der Waals surface area (Å²) < 4.78 is 4.91. The van der Waals surface area contributed by atoms with Crippen molar-refractivity contribution < 1.29 is 23.9 Å². The number of nitriles is 1. The van der Waals surface area contributed by atoms with E-state index in [2.05, 4.69) is 10.6 Å². The number of carbonyl (C=O) groups is 4. The minimum atomic E-state index is -1.36. The van der Waals surface area contributed by atoms with Crippen molar-refractivity contribution in [3.8, 4) is 6.07 Å². The number of imide groups is 1. The number of thiophene rings is 1. The van der Waals surface area contributed by atoms with Crippen molar-refractivity contribution in [3.63, 3.8) is 0 Å². The van der Waals surface area contributed by atoms with Gasteiger partial charge in [0, 0.05) is 4.88 Å². The maximum absolute atomic E-state index is 13.1. The van der Waals surface area contributed by atoms with Gasteiger partial charge in [-0.2, -0.15) is 5.26 Å². The van der Waals surface area contributed by atoms with Gasteiger partial charge < -0.3 is 15.4 Å². The Morgan fingerprint density at radius 1 is 1.24 bits per heavy atom. The van der Waals surface area contributed by atoms with Crippen molar-refractivity contribution in [2.75, 3.05) is 19.0 Å². The van der Waals surface area contributed by atoms with Gasteiger partial charge in [0.15, 0.2) is 0 Å². The summed E-state index contributed by atoms with van der Waals surface area (Å²) in [5.74, 6) is -1.69. The minimum absolute atomic E-state index is 0.352. The second-order valence-corrected chi connectivity index (χ2v) is 9.20. The number of fused-ring (bicyclic) bond motifs is 1. The Morgan fingerprint density at radius 3 is 2.61 bits per heavy atom. The van der Waals surface area contributed by atoms with E-state index in [0.29, 0.717) is 21.7 Å². The quantitative estimate of drug-likeness (QED) is 0.515. The number of rotatable bonds is 5. The maximum atomic E-state index is 13.1. The van der Waals surface area contributed by atoms with E-state index in [1.807, 2.05) is 6.07 Å². The monoisotopic (exact) mass is 466 g/mol. The lowest BCUT2D eigenvalue weighted by Gasteiger charge is -2.22. The molecule has 2 heterocycles. The third kappa shape index (κ3) is 3.96. The predicted octanol–water partition coefficient (Wildman–Crippen LogP) is 2.69. The molecule has 0 saturated carbocycles. The van der Waals surface area contributed by atoms with Crippen LogP contribution >= 0.6 is 11.3 Å². The standard InChI is InChI=1S/C23H22N4O5S/c1-23(14-9-7-13(11-24)8-10-14)21(30)27(22(31)26-23)12-17(28)25-19-18(20(29)32-2)15-5-3-4-6-16(15)33-19/h7-10H,3-6,12H2,1-2H3,(H,25,28)(H,26,31). The van der Waals surface area contributed by atoms with Crippen molar-refractivity contribution in [2.45, 2.75) is 38.1 Å². The van der Waals surface area contributed by atoms with Gasteiger partial charge >= 0.3 is 12.0 Å². The second kappa shape index (κ2) is 8.67. The van der Waals surface area contributed by atoms with Crippen LogP contribution in [0, 0.1) is 11.3 Å². The average Bonchev–Trinajstić information content (AvgIpc) is 3.28. The highest BCUT2D eigenvalue weighted by Crippen LogP contribution is 2.38. The second-order valence-electron chi connectivity index (χ2n) is 8.09. The molecule has 9 nitrogen and oxygen atoms in total. The first-order chi connectivity index (χ1) is 15.8. The van der Waals surface area contributed by atoms with Crippen LogP contribution in [0.4, 0.5) is 9.80 Å². The van der Waals surface area contributed by atoms with Gasteiger partial charge in [-0.1, -0.05) is 12.1 Å². The van der Waals surface area contributed by atoms with Crippen LogP contribution < -0.4 is 10.6 Å². The average molecular weight is 467 g/mol. The molecule has 2 aromatic rings. The van der Waals surface area contributed by atoms with Crippen LogP contribution in [0.3, 0.4) is 0 Å². The number of hydrogen-bond donors (Lipinski definition) is 2. The lowest BCUT2D eigenvalue weighted by Crippen LogP contribution is -2.42. The first-order valence-corrected chi connectivity index (χ1v) is 11.3. The van der Waals surface area contributed by atoms with Crippen LogP contribution in [0.2, 0.25) is 0 Å². The normalized spacial score (nSPS) is 19.5. The maximum Gasteiger partial charge on any atom is 0.341 e. The van der Waals surface area contributed by atoms with Crippen molar-refractivity contribution in [2.24, 2.45) is 0 Å². The summed E-state index contributed by atoms with van der Waals surface area (Å²) in [4.78, 5) is 52.7. The Hall–Kier alpha value is -3.71. The van der Waals surface area contributed by atoms with Crippen molar-refractivity contribution in [3.05, 3.63) is 51.4 Å². The molecule has 1 saturated heterocycles. The first-order valence-electron chi connectivity index (χ1n) is 10.5. The molecule has 1 unspecified atom stereocenters. The number of benzene rings is 1. The molecule has 1 aromatic carbocycles. The Morgan fingerprint density at radius 2 is 1.94 bits per heavy atom. The number of hydrogen-bond acceptors (Lipinski definition) is 7. The zero-order chi connectivity index (χ0) is 23.8. The Bertz CT molecular complexity index is 1200. The Labute approximate surface area is 194 Å². The molecule has 0 radical (unpaired) electrons. The van der Waals surface area contributed by atoms with Gasteiger partial charge in [-0.05, 0) is 55.9 Å². The van der Waals surface area contributed by atoms with E-state index in [1.165, 1.54) is 18.4 Å². The predicted molar refractivity (Wildman–Crippen MR) is 120 cm³/mol. The summed E-state index contributed by atoms with van der Waals surface area (Å²) in [6.45, 7) is 1.05. The SMILES string of the molecule is COC(=O)c1c(NC(=O)CN2C(=O)NC(C)(c3ccc(C#N)cc3)C2=O)sc2c1CCCC2.